The molecule has 0 bridgehead atoms. The van der Waals surface area contributed by atoms with Crippen molar-refractivity contribution in [3.05, 3.63) is 36.2 Å². The molecule has 1 heterocycles. The van der Waals surface area contributed by atoms with Crippen LogP contribution in [-0.4, -0.2) is 20.9 Å². The number of halogens is 3. The maximum atomic E-state index is 12.2. The van der Waals surface area contributed by atoms with Crippen LogP contribution in [0.3, 0.4) is 0 Å². The number of aryl methyl sites for hydroxylation is 1. The zero-order chi connectivity index (χ0) is 12.5. The van der Waals surface area contributed by atoms with E-state index in [1.165, 1.54) is 6.92 Å². The van der Waals surface area contributed by atoms with Gasteiger partial charge in [0.1, 0.15) is 12.4 Å². The molecule has 0 aliphatic carbocycles. The van der Waals surface area contributed by atoms with Crippen LogP contribution < -0.4 is 0 Å². The number of hydrogen-bond donors (Lipinski definition) is 0. The van der Waals surface area contributed by atoms with E-state index in [1.54, 1.807) is 24.3 Å². The Morgan fingerprint density at radius 2 is 1.82 bits per heavy atom. The Bertz CT molecular complexity index is 502. The molecule has 0 unspecified atom stereocenters. The molecule has 1 aromatic heterocycles. The number of alkyl halides is 3. The summed E-state index contributed by atoms with van der Waals surface area (Å²) in [5.74, 6) is 0.563. The molecule has 0 N–H and O–H groups in total. The smallest absolute Gasteiger partial charge is 0.241 e. The number of hydrogen-bond acceptors (Lipinski definition) is 2. The standard InChI is InChI=1S/C11H10F3N3/c1-8-15-10(9-5-3-2-4-6-9)16-17(8)7-11(12,13)14/h2-6H,7H2,1H3. The molecule has 0 spiro atoms. The van der Waals surface area contributed by atoms with Gasteiger partial charge in [0.15, 0.2) is 5.82 Å². The summed E-state index contributed by atoms with van der Waals surface area (Å²) in [6.45, 7) is 0.393. The van der Waals surface area contributed by atoms with Gasteiger partial charge in [-0.05, 0) is 6.92 Å². The first-order valence-corrected chi connectivity index (χ1v) is 4.99. The van der Waals surface area contributed by atoms with E-state index in [2.05, 4.69) is 10.1 Å². The summed E-state index contributed by atoms with van der Waals surface area (Å²) in [4.78, 5) is 4.02. The van der Waals surface area contributed by atoms with Crippen LogP contribution in [0.5, 0.6) is 0 Å². The van der Waals surface area contributed by atoms with E-state index in [4.69, 9.17) is 0 Å². The molecule has 0 atom stereocenters. The van der Waals surface area contributed by atoms with E-state index in [9.17, 15) is 13.2 Å². The fourth-order valence-electron chi connectivity index (χ4n) is 1.45. The molecule has 0 aliphatic heterocycles. The van der Waals surface area contributed by atoms with Crippen molar-refractivity contribution in [2.24, 2.45) is 0 Å². The maximum absolute atomic E-state index is 12.2. The Hall–Kier alpha value is -1.85. The molecule has 2 rings (SSSR count). The van der Waals surface area contributed by atoms with Gasteiger partial charge in [0.05, 0.1) is 0 Å². The highest BCUT2D eigenvalue weighted by Gasteiger charge is 2.29. The second kappa shape index (κ2) is 4.20. The van der Waals surface area contributed by atoms with Crippen LogP contribution in [0.15, 0.2) is 30.3 Å². The number of benzene rings is 1. The summed E-state index contributed by atoms with van der Waals surface area (Å²) in [5.41, 5.74) is 0.705. The minimum Gasteiger partial charge on any atom is -0.241 e. The third-order valence-corrected chi connectivity index (χ3v) is 2.22. The molecular formula is C11H10F3N3. The van der Waals surface area contributed by atoms with Crippen molar-refractivity contribution >= 4 is 0 Å². The third-order valence-electron chi connectivity index (χ3n) is 2.22. The van der Waals surface area contributed by atoms with Gasteiger partial charge in [0.25, 0.3) is 0 Å². The van der Waals surface area contributed by atoms with Crippen LogP contribution in [-0.2, 0) is 6.54 Å². The molecular weight excluding hydrogens is 231 g/mol. The Labute approximate surface area is 95.9 Å². The second-order valence-electron chi connectivity index (χ2n) is 3.62. The normalized spacial score (nSPS) is 11.8. The predicted molar refractivity (Wildman–Crippen MR) is 56.3 cm³/mol. The second-order valence-corrected chi connectivity index (χ2v) is 3.62. The largest absolute Gasteiger partial charge is 0.408 e. The molecule has 0 aliphatic rings. The van der Waals surface area contributed by atoms with Crippen LogP contribution in [0.4, 0.5) is 13.2 Å². The Kier molecular flexibility index (Phi) is 2.87. The lowest BCUT2D eigenvalue weighted by atomic mass is 10.2. The summed E-state index contributed by atoms with van der Waals surface area (Å²) in [6, 6.07) is 8.91. The van der Waals surface area contributed by atoms with Crippen molar-refractivity contribution in [2.75, 3.05) is 0 Å². The molecule has 0 amide bonds. The minimum atomic E-state index is -4.29. The van der Waals surface area contributed by atoms with E-state index in [0.29, 0.717) is 11.4 Å². The lowest BCUT2D eigenvalue weighted by Crippen LogP contribution is -2.19. The molecule has 90 valence electrons. The third kappa shape index (κ3) is 2.83. The lowest BCUT2D eigenvalue weighted by molar-refractivity contribution is -0.143. The van der Waals surface area contributed by atoms with Crippen molar-refractivity contribution in [3.8, 4) is 11.4 Å². The van der Waals surface area contributed by atoms with Crippen LogP contribution in [0.25, 0.3) is 11.4 Å². The van der Waals surface area contributed by atoms with Crippen LogP contribution in [0.2, 0.25) is 0 Å². The highest BCUT2D eigenvalue weighted by atomic mass is 19.4. The van der Waals surface area contributed by atoms with Crippen LogP contribution in [0, 0.1) is 6.92 Å². The van der Waals surface area contributed by atoms with Gasteiger partial charge in [0, 0.05) is 5.56 Å². The molecule has 0 fully saturated rings. The van der Waals surface area contributed by atoms with Gasteiger partial charge in [-0.15, -0.1) is 0 Å². The molecule has 6 heteroatoms. The van der Waals surface area contributed by atoms with Gasteiger partial charge < -0.3 is 0 Å². The van der Waals surface area contributed by atoms with Crippen LogP contribution >= 0.6 is 0 Å². The first-order chi connectivity index (χ1) is 7.96. The summed E-state index contributed by atoms with van der Waals surface area (Å²) >= 11 is 0. The summed E-state index contributed by atoms with van der Waals surface area (Å²) < 4.78 is 37.6. The highest BCUT2D eigenvalue weighted by molar-refractivity contribution is 5.53. The van der Waals surface area contributed by atoms with Crippen molar-refractivity contribution in [1.29, 1.82) is 0 Å². The molecule has 0 saturated heterocycles. The predicted octanol–water partition coefficient (Wildman–Crippen LogP) is 2.82. The monoisotopic (exact) mass is 241 g/mol. The summed E-state index contributed by atoms with van der Waals surface area (Å²) in [6.07, 6.45) is -4.29. The zero-order valence-corrected chi connectivity index (χ0v) is 9.07. The van der Waals surface area contributed by atoms with Crippen LogP contribution in [0.1, 0.15) is 5.82 Å². The Morgan fingerprint density at radius 1 is 1.18 bits per heavy atom. The topological polar surface area (TPSA) is 30.7 Å². The van der Waals surface area contributed by atoms with E-state index < -0.39 is 12.7 Å². The molecule has 0 radical (unpaired) electrons. The highest BCUT2D eigenvalue weighted by Crippen LogP contribution is 2.20. The minimum absolute atomic E-state index is 0.251. The van der Waals surface area contributed by atoms with Crippen molar-refractivity contribution < 1.29 is 13.2 Å². The number of nitrogens with zero attached hydrogens (tertiary/aromatic N) is 3. The van der Waals surface area contributed by atoms with Gasteiger partial charge >= 0.3 is 6.18 Å². The maximum Gasteiger partial charge on any atom is 0.408 e. The van der Waals surface area contributed by atoms with E-state index in [-0.39, 0.29) is 5.82 Å². The fraction of sp³-hybridized carbons (Fsp3) is 0.273. The van der Waals surface area contributed by atoms with Crippen molar-refractivity contribution in [1.82, 2.24) is 14.8 Å². The fourth-order valence-corrected chi connectivity index (χ4v) is 1.45. The molecule has 3 nitrogen and oxygen atoms in total. The molecule has 0 saturated carbocycles. The molecule has 17 heavy (non-hydrogen) atoms. The Balaban J connectivity index is 2.31. The van der Waals surface area contributed by atoms with E-state index in [0.717, 1.165) is 4.68 Å². The average molecular weight is 241 g/mol. The van der Waals surface area contributed by atoms with Crippen molar-refractivity contribution in [3.63, 3.8) is 0 Å². The summed E-state index contributed by atoms with van der Waals surface area (Å²) in [5, 5.41) is 3.85. The number of rotatable bonds is 2. The SMILES string of the molecule is Cc1nc(-c2ccccc2)nn1CC(F)(F)F. The lowest BCUT2D eigenvalue weighted by Gasteiger charge is -2.06. The average Bonchev–Trinajstić information content (AvgIpc) is 2.59. The zero-order valence-electron chi connectivity index (χ0n) is 9.07. The summed E-state index contributed by atoms with van der Waals surface area (Å²) in [7, 11) is 0. The van der Waals surface area contributed by atoms with Gasteiger partial charge in [-0.1, -0.05) is 30.3 Å². The van der Waals surface area contributed by atoms with Crippen molar-refractivity contribution in [2.45, 2.75) is 19.6 Å². The van der Waals surface area contributed by atoms with Gasteiger partial charge in [-0.2, -0.15) is 18.3 Å². The Morgan fingerprint density at radius 3 is 2.41 bits per heavy atom. The molecule has 1 aromatic carbocycles. The van der Waals surface area contributed by atoms with E-state index >= 15 is 0 Å². The van der Waals surface area contributed by atoms with Gasteiger partial charge in [0.2, 0.25) is 0 Å². The quantitative estimate of drug-likeness (QED) is 0.809. The van der Waals surface area contributed by atoms with E-state index in [1.807, 2.05) is 6.07 Å². The van der Waals surface area contributed by atoms with Gasteiger partial charge in [-0.25, -0.2) is 9.67 Å². The number of aromatic nitrogens is 3. The van der Waals surface area contributed by atoms with Gasteiger partial charge in [-0.3, -0.25) is 0 Å². The molecule has 2 aromatic rings. The first kappa shape index (κ1) is 11.6. The first-order valence-electron chi connectivity index (χ1n) is 4.99.